The van der Waals surface area contributed by atoms with Gasteiger partial charge in [0.2, 0.25) is 0 Å². The molecule has 118 valence electrons. The van der Waals surface area contributed by atoms with Crippen molar-refractivity contribution in [3.05, 3.63) is 44.6 Å². The Morgan fingerprint density at radius 1 is 1.41 bits per heavy atom. The number of carbonyl (C=O) groups excluding carboxylic acids is 1. The monoisotopic (exact) mass is 384 g/mol. The molecule has 0 amide bonds. The minimum atomic E-state index is -0.207. The molecule has 0 unspecified atom stereocenters. The Hall–Kier alpha value is -1.33. The van der Waals surface area contributed by atoms with Crippen LogP contribution in [0.15, 0.2) is 22.7 Å². The number of halogens is 2. The van der Waals surface area contributed by atoms with E-state index in [1.165, 1.54) is 4.68 Å². The molecule has 6 heteroatoms. The standard InChI is InChI=1S/C16H18BrClN2O2/c1-4-5-13-10(2)19-20(11(13)3)16(21)9-22-15-7-6-12(17)8-14(15)18/h6-8H,4-5,9H2,1-3H3. The van der Waals surface area contributed by atoms with Crippen LogP contribution in [0.1, 0.15) is 35.1 Å². The second-order valence-electron chi connectivity index (χ2n) is 5.07. The van der Waals surface area contributed by atoms with Gasteiger partial charge in [0.25, 0.3) is 5.91 Å². The number of rotatable bonds is 5. The summed E-state index contributed by atoms with van der Waals surface area (Å²) in [6, 6.07) is 5.27. The zero-order chi connectivity index (χ0) is 16.3. The van der Waals surface area contributed by atoms with E-state index in [1.807, 2.05) is 19.9 Å². The molecule has 1 heterocycles. The van der Waals surface area contributed by atoms with Gasteiger partial charge in [0.05, 0.1) is 10.7 Å². The molecule has 0 N–H and O–H groups in total. The Labute approximate surface area is 143 Å². The Kier molecular flexibility index (Phi) is 5.64. The van der Waals surface area contributed by atoms with E-state index < -0.39 is 0 Å². The van der Waals surface area contributed by atoms with Crippen molar-refractivity contribution in [1.29, 1.82) is 0 Å². The van der Waals surface area contributed by atoms with Gasteiger partial charge in [-0.3, -0.25) is 4.79 Å². The summed E-state index contributed by atoms with van der Waals surface area (Å²) >= 11 is 9.40. The van der Waals surface area contributed by atoms with Gasteiger partial charge in [0.15, 0.2) is 6.61 Å². The summed E-state index contributed by atoms with van der Waals surface area (Å²) in [5.41, 5.74) is 2.92. The number of aromatic nitrogens is 2. The molecule has 22 heavy (non-hydrogen) atoms. The summed E-state index contributed by atoms with van der Waals surface area (Å²) in [6.07, 6.45) is 1.94. The molecule has 2 rings (SSSR count). The van der Waals surface area contributed by atoms with Gasteiger partial charge in [-0.1, -0.05) is 40.9 Å². The van der Waals surface area contributed by atoms with Crippen LogP contribution in [0.2, 0.25) is 5.02 Å². The average Bonchev–Trinajstić information content (AvgIpc) is 2.74. The summed E-state index contributed by atoms with van der Waals surface area (Å²) in [4.78, 5) is 12.3. The predicted molar refractivity (Wildman–Crippen MR) is 91.0 cm³/mol. The third-order valence-electron chi connectivity index (χ3n) is 3.42. The average molecular weight is 386 g/mol. The molecule has 2 aromatic rings. The smallest absolute Gasteiger partial charge is 0.284 e. The summed E-state index contributed by atoms with van der Waals surface area (Å²) in [6.45, 7) is 5.84. The highest BCUT2D eigenvalue weighted by molar-refractivity contribution is 9.10. The van der Waals surface area contributed by atoms with Crippen LogP contribution in [0.25, 0.3) is 0 Å². The first-order valence-corrected chi connectivity index (χ1v) is 8.27. The highest BCUT2D eigenvalue weighted by Crippen LogP contribution is 2.27. The first kappa shape index (κ1) is 17.0. The van der Waals surface area contributed by atoms with Crippen LogP contribution in [0.3, 0.4) is 0 Å². The maximum Gasteiger partial charge on any atom is 0.284 e. The lowest BCUT2D eigenvalue weighted by Crippen LogP contribution is -2.21. The van der Waals surface area contributed by atoms with Crippen molar-refractivity contribution in [1.82, 2.24) is 9.78 Å². The van der Waals surface area contributed by atoms with Crippen LogP contribution in [-0.4, -0.2) is 22.3 Å². The fourth-order valence-electron chi connectivity index (χ4n) is 2.32. The van der Waals surface area contributed by atoms with Crippen LogP contribution >= 0.6 is 27.5 Å². The first-order valence-electron chi connectivity index (χ1n) is 7.10. The van der Waals surface area contributed by atoms with Crippen molar-refractivity contribution in [2.24, 2.45) is 0 Å². The zero-order valence-corrected chi connectivity index (χ0v) is 15.2. The molecule has 4 nitrogen and oxygen atoms in total. The number of nitrogens with zero attached hydrogens (tertiary/aromatic N) is 2. The lowest BCUT2D eigenvalue weighted by atomic mass is 10.1. The molecule has 0 saturated carbocycles. The van der Waals surface area contributed by atoms with Crippen molar-refractivity contribution in [3.63, 3.8) is 0 Å². The molecule has 0 saturated heterocycles. The first-order chi connectivity index (χ1) is 10.4. The highest BCUT2D eigenvalue weighted by Gasteiger charge is 2.16. The largest absolute Gasteiger partial charge is 0.482 e. The normalized spacial score (nSPS) is 10.8. The fourth-order valence-corrected chi connectivity index (χ4v) is 3.05. The van der Waals surface area contributed by atoms with E-state index in [-0.39, 0.29) is 12.5 Å². The molecule has 0 bridgehead atoms. The van der Waals surface area contributed by atoms with Crippen molar-refractivity contribution < 1.29 is 9.53 Å². The summed E-state index contributed by atoms with van der Waals surface area (Å²) in [7, 11) is 0. The van der Waals surface area contributed by atoms with Gasteiger partial charge in [0, 0.05) is 10.2 Å². The maximum atomic E-state index is 12.3. The quantitative estimate of drug-likeness (QED) is 0.756. The van der Waals surface area contributed by atoms with Gasteiger partial charge in [-0.2, -0.15) is 5.10 Å². The van der Waals surface area contributed by atoms with Crippen molar-refractivity contribution >= 4 is 33.4 Å². The second-order valence-corrected chi connectivity index (χ2v) is 6.39. The van der Waals surface area contributed by atoms with Gasteiger partial charge in [-0.05, 0) is 44.0 Å². The number of hydrogen-bond acceptors (Lipinski definition) is 3. The second kappa shape index (κ2) is 7.29. The number of benzene rings is 1. The molecule has 1 aromatic heterocycles. The summed E-state index contributed by atoms with van der Waals surface area (Å²) < 4.78 is 7.79. The molecular formula is C16H18BrClN2O2. The van der Waals surface area contributed by atoms with Crippen molar-refractivity contribution in [2.45, 2.75) is 33.6 Å². The van der Waals surface area contributed by atoms with E-state index in [1.54, 1.807) is 12.1 Å². The van der Waals surface area contributed by atoms with E-state index >= 15 is 0 Å². The van der Waals surface area contributed by atoms with Gasteiger partial charge >= 0.3 is 0 Å². The maximum absolute atomic E-state index is 12.3. The van der Waals surface area contributed by atoms with Gasteiger partial charge < -0.3 is 4.74 Å². The molecule has 0 fully saturated rings. The predicted octanol–water partition coefficient (Wildman–Crippen LogP) is 4.59. The van der Waals surface area contributed by atoms with Crippen LogP contribution < -0.4 is 4.74 Å². The lowest BCUT2D eigenvalue weighted by molar-refractivity contribution is 0.0818. The molecule has 0 radical (unpaired) electrons. The zero-order valence-electron chi connectivity index (χ0n) is 12.8. The van der Waals surface area contributed by atoms with Gasteiger partial charge in [-0.15, -0.1) is 0 Å². The van der Waals surface area contributed by atoms with E-state index in [0.29, 0.717) is 10.8 Å². The van der Waals surface area contributed by atoms with E-state index in [0.717, 1.165) is 34.3 Å². The van der Waals surface area contributed by atoms with E-state index in [4.69, 9.17) is 16.3 Å². The fraction of sp³-hybridized carbons (Fsp3) is 0.375. The molecular weight excluding hydrogens is 368 g/mol. The molecule has 0 aliphatic heterocycles. The number of carbonyl (C=O) groups is 1. The lowest BCUT2D eigenvalue weighted by Gasteiger charge is -2.08. The molecule has 1 aromatic carbocycles. The number of aryl methyl sites for hydroxylation is 1. The number of ether oxygens (including phenoxy) is 1. The van der Waals surface area contributed by atoms with Crippen LogP contribution in [0, 0.1) is 13.8 Å². The van der Waals surface area contributed by atoms with Crippen molar-refractivity contribution in [2.75, 3.05) is 6.61 Å². The minimum absolute atomic E-state index is 0.102. The molecule has 0 spiro atoms. The van der Waals surface area contributed by atoms with Gasteiger partial charge in [-0.25, -0.2) is 4.68 Å². The van der Waals surface area contributed by atoms with E-state index in [2.05, 4.69) is 28.0 Å². The minimum Gasteiger partial charge on any atom is -0.482 e. The topological polar surface area (TPSA) is 44.1 Å². The van der Waals surface area contributed by atoms with Crippen LogP contribution in [0.5, 0.6) is 5.75 Å². The molecule has 0 atom stereocenters. The third kappa shape index (κ3) is 3.70. The SMILES string of the molecule is CCCc1c(C)nn(C(=O)COc2ccc(Br)cc2Cl)c1C. The Morgan fingerprint density at radius 2 is 2.14 bits per heavy atom. The summed E-state index contributed by atoms with van der Waals surface area (Å²) in [5, 5.41) is 4.78. The van der Waals surface area contributed by atoms with Gasteiger partial charge in [0.1, 0.15) is 5.75 Å². The van der Waals surface area contributed by atoms with E-state index in [9.17, 15) is 4.79 Å². The Bertz CT molecular complexity index is 698. The highest BCUT2D eigenvalue weighted by atomic mass is 79.9. The number of hydrogen-bond donors (Lipinski definition) is 0. The van der Waals surface area contributed by atoms with Crippen molar-refractivity contribution in [3.8, 4) is 5.75 Å². The van der Waals surface area contributed by atoms with Crippen LogP contribution in [-0.2, 0) is 6.42 Å². The Morgan fingerprint density at radius 3 is 2.77 bits per heavy atom. The Balaban J connectivity index is 2.11. The van der Waals surface area contributed by atoms with Crippen LogP contribution in [0.4, 0.5) is 0 Å². The molecule has 0 aliphatic carbocycles. The summed E-state index contributed by atoms with van der Waals surface area (Å²) in [5.74, 6) is 0.274. The third-order valence-corrected chi connectivity index (χ3v) is 4.21. The molecule has 0 aliphatic rings.